The number of hydrogen-bond donors (Lipinski definition) is 2. The van der Waals surface area contributed by atoms with Gasteiger partial charge in [0.05, 0.1) is 31.1 Å². The molecule has 2 aliphatic rings. The van der Waals surface area contributed by atoms with E-state index in [9.17, 15) is 18.7 Å². The minimum atomic E-state index is -2.84. The fourth-order valence-corrected chi connectivity index (χ4v) is 4.09. The number of rotatable bonds is 6. The molecule has 0 atom stereocenters. The number of nitrogens with one attached hydrogen (secondary N) is 1. The standard InChI is InChI=1S/C20H23F2N7O3/c21-18(22)17-15(10-29(26-17)13-7-12(8-13)11-30)24-20(31)14-9-23-28-2-1-16(25-19(14)28)27-3-5-32-6-4-27/h1-2,9-10,12-13,18,30H,3-8,11H2,(H,24,31). The Bertz CT molecular complexity index is 1120. The Labute approximate surface area is 181 Å². The molecule has 1 saturated carbocycles. The number of hydrogen-bond acceptors (Lipinski definition) is 7. The molecule has 0 spiro atoms. The van der Waals surface area contributed by atoms with E-state index in [1.165, 1.54) is 21.6 Å². The van der Waals surface area contributed by atoms with Crippen molar-refractivity contribution in [1.29, 1.82) is 0 Å². The van der Waals surface area contributed by atoms with E-state index in [1.807, 2.05) is 6.07 Å². The van der Waals surface area contributed by atoms with Gasteiger partial charge >= 0.3 is 0 Å². The van der Waals surface area contributed by atoms with Gasteiger partial charge in [0.1, 0.15) is 11.4 Å². The molecule has 5 rings (SSSR count). The molecule has 12 heteroatoms. The number of halogens is 2. The van der Waals surface area contributed by atoms with Crippen LogP contribution >= 0.6 is 0 Å². The molecule has 170 valence electrons. The number of aliphatic hydroxyl groups excluding tert-OH is 1. The highest BCUT2D eigenvalue weighted by Gasteiger charge is 2.32. The quantitative estimate of drug-likeness (QED) is 0.594. The molecule has 0 radical (unpaired) electrons. The fraction of sp³-hybridized carbons (Fsp3) is 0.500. The van der Waals surface area contributed by atoms with Gasteiger partial charge in [-0.1, -0.05) is 0 Å². The van der Waals surface area contributed by atoms with Crippen molar-refractivity contribution in [2.75, 3.05) is 43.1 Å². The van der Waals surface area contributed by atoms with Gasteiger partial charge in [0.25, 0.3) is 12.3 Å². The van der Waals surface area contributed by atoms with Crippen LogP contribution < -0.4 is 10.2 Å². The number of ether oxygens (including phenoxy) is 1. The Morgan fingerprint density at radius 1 is 1.31 bits per heavy atom. The summed E-state index contributed by atoms with van der Waals surface area (Å²) < 4.78 is 35.4. The van der Waals surface area contributed by atoms with Gasteiger partial charge in [-0.25, -0.2) is 18.3 Å². The maximum absolute atomic E-state index is 13.6. The van der Waals surface area contributed by atoms with Gasteiger partial charge in [-0.3, -0.25) is 9.48 Å². The number of aromatic nitrogens is 5. The molecule has 3 aromatic rings. The Hall–Kier alpha value is -3.12. The van der Waals surface area contributed by atoms with Crippen LogP contribution in [0.4, 0.5) is 20.3 Å². The zero-order valence-electron chi connectivity index (χ0n) is 17.2. The number of carbonyl (C=O) groups excluding carboxylic acids is 1. The lowest BCUT2D eigenvalue weighted by molar-refractivity contribution is 0.102. The maximum atomic E-state index is 13.6. The van der Waals surface area contributed by atoms with E-state index < -0.39 is 18.0 Å². The lowest BCUT2D eigenvalue weighted by Gasteiger charge is -2.33. The maximum Gasteiger partial charge on any atom is 0.284 e. The Kier molecular flexibility index (Phi) is 5.47. The molecule has 1 amide bonds. The first-order valence-corrected chi connectivity index (χ1v) is 10.5. The number of anilines is 2. The van der Waals surface area contributed by atoms with Crippen LogP contribution in [0.1, 0.15) is 41.4 Å². The van der Waals surface area contributed by atoms with E-state index in [4.69, 9.17) is 4.74 Å². The van der Waals surface area contributed by atoms with Crippen LogP contribution in [-0.4, -0.2) is 68.3 Å². The molecule has 10 nitrogen and oxygen atoms in total. The van der Waals surface area contributed by atoms with Gasteiger partial charge in [-0.05, 0) is 24.8 Å². The minimum absolute atomic E-state index is 0.0406. The molecule has 2 N–H and O–H groups in total. The molecule has 1 aliphatic carbocycles. The predicted octanol–water partition coefficient (Wildman–Crippen LogP) is 1.90. The lowest BCUT2D eigenvalue weighted by Crippen LogP contribution is -2.36. The first-order valence-electron chi connectivity index (χ1n) is 10.5. The molecule has 0 unspecified atom stereocenters. The minimum Gasteiger partial charge on any atom is -0.396 e. The number of fused-ring (bicyclic) bond motifs is 1. The van der Waals surface area contributed by atoms with E-state index >= 15 is 0 Å². The van der Waals surface area contributed by atoms with Crippen LogP contribution in [-0.2, 0) is 4.74 Å². The molecule has 4 heterocycles. The summed E-state index contributed by atoms with van der Waals surface area (Å²) in [6.45, 7) is 2.64. The third-order valence-electron chi connectivity index (χ3n) is 5.99. The molecule has 1 saturated heterocycles. The van der Waals surface area contributed by atoms with Crippen molar-refractivity contribution >= 4 is 23.1 Å². The van der Waals surface area contributed by atoms with E-state index in [0.717, 1.165) is 0 Å². The van der Waals surface area contributed by atoms with E-state index in [-0.39, 0.29) is 29.8 Å². The van der Waals surface area contributed by atoms with E-state index in [1.54, 1.807) is 6.20 Å². The van der Waals surface area contributed by atoms with Crippen molar-refractivity contribution in [1.82, 2.24) is 24.4 Å². The second-order valence-electron chi connectivity index (χ2n) is 8.05. The lowest BCUT2D eigenvalue weighted by atomic mass is 9.81. The monoisotopic (exact) mass is 447 g/mol. The second-order valence-corrected chi connectivity index (χ2v) is 8.05. The van der Waals surface area contributed by atoms with Crippen LogP contribution in [0.25, 0.3) is 5.65 Å². The SMILES string of the molecule is O=C(Nc1cn(C2CC(CO)C2)nc1C(F)F)c1cnn2ccc(N3CCOCC3)nc12. The van der Waals surface area contributed by atoms with Gasteiger partial charge in [-0.15, -0.1) is 0 Å². The van der Waals surface area contributed by atoms with Gasteiger partial charge in [0.2, 0.25) is 0 Å². The number of alkyl halides is 2. The highest BCUT2D eigenvalue weighted by molar-refractivity contribution is 6.08. The van der Waals surface area contributed by atoms with Crippen molar-refractivity contribution in [2.45, 2.75) is 25.3 Å². The number of nitrogens with zero attached hydrogens (tertiary/aromatic N) is 6. The molecular weight excluding hydrogens is 424 g/mol. The summed E-state index contributed by atoms with van der Waals surface area (Å²) in [5.74, 6) is 0.262. The number of amides is 1. The third-order valence-corrected chi connectivity index (χ3v) is 5.99. The zero-order valence-corrected chi connectivity index (χ0v) is 17.2. The number of carbonyl (C=O) groups is 1. The molecule has 3 aromatic heterocycles. The van der Waals surface area contributed by atoms with Crippen molar-refractivity contribution < 1.29 is 23.4 Å². The summed E-state index contributed by atoms with van der Waals surface area (Å²) >= 11 is 0. The van der Waals surface area contributed by atoms with Crippen molar-refractivity contribution in [3.8, 4) is 0 Å². The normalized spacial score (nSPS) is 21.2. The fourth-order valence-electron chi connectivity index (χ4n) is 4.09. The van der Waals surface area contributed by atoms with E-state index in [2.05, 4.69) is 25.4 Å². The van der Waals surface area contributed by atoms with Gasteiger partial charge in [0, 0.05) is 32.1 Å². The first-order chi connectivity index (χ1) is 15.5. The smallest absolute Gasteiger partial charge is 0.284 e. The topological polar surface area (TPSA) is 110 Å². The third kappa shape index (κ3) is 3.79. The Morgan fingerprint density at radius 2 is 2.09 bits per heavy atom. The van der Waals surface area contributed by atoms with Gasteiger partial charge < -0.3 is 20.1 Å². The molecule has 1 aliphatic heterocycles. The molecule has 0 bridgehead atoms. The van der Waals surface area contributed by atoms with Crippen molar-refractivity contribution in [3.63, 3.8) is 0 Å². The number of aliphatic hydroxyl groups is 1. The van der Waals surface area contributed by atoms with Crippen LogP contribution in [0.3, 0.4) is 0 Å². The zero-order chi connectivity index (χ0) is 22.2. The summed E-state index contributed by atoms with van der Waals surface area (Å²) in [5, 5.41) is 19.9. The van der Waals surface area contributed by atoms with Crippen LogP contribution in [0.2, 0.25) is 0 Å². The van der Waals surface area contributed by atoms with Crippen LogP contribution in [0.15, 0.2) is 24.7 Å². The van der Waals surface area contributed by atoms with E-state index in [0.29, 0.717) is 50.6 Å². The van der Waals surface area contributed by atoms with Gasteiger partial charge in [0.15, 0.2) is 11.3 Å². The van der Waals surface area contributed by atoms with Crippen LogP contribution in [0, 0.1) is 5.92 Å². The number of morpholine rings is 1. The molecule has 32 heavy (non-hydrogen) atoms. The largest absolute Gasteiger partial charge is 0.396 e. The second kappa shape index (κ2) is 8.43. The highest BCUT2D eigenvalue weighted by atomic mass is 19.3. The Morgan fingerprint density at radius 3 is 2.81 bits per heavy atom. The Balaban J connectivity index is 1.39. The van der Waals surface area contributed by atoms with Crippen molar-refractivity contribution in [2.24, 2.45) is 5.92 Å². The average Bonchev–Trinajstić information content (AvgIpc) is 3.37. The molecule has 2 fully saturated rings. The summed E-state index contributed by atoms with van der Waals surface area (Å²) in [4.78, 5) is 19.6. The van der Waals surface area contributed by atoms with Gasteiger partial charge in [-0.2, -0.15) is 10.2 Å². The molecule has 0 aromatic carbocycles. The molecular formula is C20H23F2N7O3. The average molecular weight is 447 g/mol. The summed E-state index contributed by atoms with van der Waals surface area (Å²) in [6.07, 6.45) is 2.99. The first kappa shape index (κ1) is 20.8. The van der Waals surface area contributed by atoms with Crippen molar-refractivity contribution in [3.05, 3.63) is 35.9 Å². The van der Waals surface area contributed by atoms with Crippen LogP contribution in [0.5, 0.6) is 0 Å². The summed E-state index contributed by atoms with van der Waals surface area (Å²) in [6, 6.07) is 1.74. The predicted molar refractivity (Wildman–Crippen MR) is 110 cm³/mol. The summed E-state index contributed by atoms with van der Waals surface area (Å²) in [7, 11) is 0. The summed E-state index contributed by atoms with van der Waals surface area (Å²) in [5.41, 5.74) is -0.00954. The highest BCUT2D eigenvalue weighted by Crippen LogP contribution is 2.39.